The van der Waals surface area contributed by atoms with Gasteiger partial charge in [-0.1, -0.05) is 6.92 Å². The molecule has 1 heterocycles. The Morgan fingerprint density at radius 3 is 2.94 bits per heavy atom. The first-order chi connectivity index (χ1) is 7.61. The molecule has 0 spiro atoms. The first-order valence-electron chi connectivity index (χ1n) is 5.11. The highest BCUT2D eigenvalue weighted by atomic mass is 32.2. The van der Waals surface area contributed by atoms with Gasteiger partial charge in [0.25, 0.3) is 0 Å². The van der Waals surface area contributed by atoms with Gasteiger partial charge in [-0.2, -0.15) is 11.8 Å². The highest BCUT2D eigenvalue weighted by Crippen LogP contribution is 2.04. The maximum atomic E-state index is 11.5. The molecule has 0 saturated heterocycles. The van der Waals surface area contributed by atoms with E-state index < -0.39 is 0 Å². The van der Waals surface area contributed by atoms with E-state index in [1.165, 1.54) is 0 Å². The van der Waals surface area contributed by atoms with Gasteiger partial charge in [-0.3, -0.25) is 9.78 Å². The standard InChI is InChI=1S/C11H17N3OS/c1-8(16-2)6-14-11(15)5-10-4-3-9(12)7-13-10/h3-4,7-8H,5-6,12H2,1-2H3,(H,14,15). The van der Waals surface area contributed by atoms with Gasteiger partial charge in [0.2, 0.25) is 5.91 Å². The number of hydrogen-bond acceptors (Lipinski definition) is 4. The molecule has 0 aliphatic rings. The van der Waals surface area contributed by atoms with Crippen LogP contribution in [0.5, 0.6) is 0 Å². The monoisotopic (exact) mass is 239 g/mol. The Morgan fingerprint density at radius 1 is 1.62 bits per heavy atom. The van der Waals surface area contributed by atoms with Crippen LogP contribution < -0.4 is 11.1 Å². The lowest BCUT2D eigenvalue weighted by atomic mass is 10.2. The topological polar surface area (TPSA) is 68.0 Å². The first kappa shape index (κ1) is 12.8. The molecule has 0 bridgehead atoms. The van der Waals surface area contributed by atoms with Crippen LogP contribution >= 0.6 is 11.8 Å². The van der Waals surface area contributed by atoms with Gasteiger partial charge in [-0.25, -0.2) is 0 Å². The van der Waals surface area contributed by atoms with E-state index in [1.54, 1.807) is 30.1 Å². The van der Waals surface area contributed by atoms with Gasteiger partial charge in [-0.15, -0.1) is 0 Å². The van der Waals surface area contributed by atoms with Crippen molar-refractivity contribution in [2.75, 3.05) is 18.5 Å². The largest absolute Gasteiger partial charge is 0.397 e. The Balaban J connectivity index is 2.37. The Morgan fingerprint density at radius 2 is 2.38 bits per heavy atom. The Hall–Kier alpha value is -1.23. The third-order valence-electron chi connectivity index (χ3n) is 2.18. The molecule has 1 amide bonds. The number of rotatable bonds is 5. The average molecular weight is 239 g/mol. The summed E-state index contributed by atoms with van der Waals surface area (Å²) < 4.78 is 0. The molecule has 0 saturated carbocycles. The number of thioether (sulfide) groups is 1. The van der Waals surface area contributed by atoms with Crippen LogP contribution in [0, 0.1) is 0 Å². The third kappa shape index (κ3) is 4.53. The lowest BCUT2D eigenvalue weighted by Gasteiger charge is -2.09. The zero-order valence-electron chi connectivity index (χ0n) is 9.56. The SMILES string of the molecule is CSC(C)CNC(=O)Cc1ccc(N)cn1. The maximum Gasteiger partial charge on any atom is 0.226 e. The fraction of sp³-hybridized carbons (Fsp3) is 0.455. The van der Waals surface area contributed by atoms with Crippen LogP contribution in [0.25, 0.3) is 0 Å². The molecule has 1 rings (SSSR count). The fourth-order valence-electron chi connectivity index (χ4n) is 1.11. The molecule has 0 radical (unpaired) electrons. The summed E-state index contributed by atoms with van der Waals surface area (Å²) in [6.07, 6.45) is 3.90. The summed E-state index contributed by atoms with van der Waals surface area (Å²) in [5, 5.41) is 3.30. The molecular formula is C11H17N3OS. The summed E-state index contributed by atoms with van der Waals surface area (Å²) in [6.45, 7) is 2.77. The number of amides is 1. The molecule has 1 aromatic heterocycles. The number of carbonyl (C=O) groups is 1. The minimum Gasteiger partial charge on any atom is -0.397 e. The quantitative estimate of drug-likeness (QED) is 0.806. The molecule has 0 fully saturated rings. The summed E-state index contributed by atoms with van der Waals surface area (Å²) in [5.74, 6) is -0.00169. The molecular weight excluding hydrogens is 222 g/mol. The van der Waals surface area contributed by atoms with E-state index in [2.05, 4.69) is 17.2 Å². The van der Waals surface area contributed by atoms with Crippen molar-refractivity contribution in [1.29, 1.82) is 0 Å². The van der Waals surface area contributed by atoms with E-state index in [9.17, 15) is 4.79 Å². The minimum atomic E-state index is -0.00169. The first-order valence-corrected chi connectivity index (χ1v) is 6.40. The molecule has 3 N–H and O–H groups in total. The molecule has 1 atom stereocenters. The van der Waals surface area contributed by atoms with Crippen molar-refractivity contribution >= 4 is 23.4 Å². The molecule has 4 nitrogen and oxygen atoms in total. The summed E-state index contributed by atoms with van der Waals surface area (Å²) in [5.41, 5.74) is 6.86. The number of nitrogen functional groups attached to an aromatic ring is 1. The predicted molar refractivity (Wildman–Crippen MR) is 68.3 cm³/mol. The zero-order valence-corrected chi connectivity index (χ0v) is 10.4. The van der Waals surface area contributed by atoms with Gasteiger partial charge in [0.15, 0.2) is 0 Å². The number of aromatic nitrogens is 1. The van der Waals surface area contributed by atoms with Crippen molar-refractivity contribution in [3.63, 3.8) is 0 Å². The summed E-state index contributed by atoms with van der Waals surface area (Å²) in [4.78, 5) is 15.6. The van der Waals surface area contributed by atoms with Gasteiger partial charge >= 0.3 is 0 Å². The van der Waals surface area contributed by atoms with Gasteiger partial charge in [0, 0.05) is 17.5 Å². The van der Waals surface area contributed by atoms with Crippen molar-refractivity contribution < 1.29 is 4.79 Å². The lowest BCUT2D eigenvalue weighted by molar-refractivity contribution is -0.120. The zero-order chi connectivity index (χ0) is 12.0. The van der Waals surface area contributed by atoms with Crippen LogP contribution in [0.1, 0.15) is 12.6 Å². The van der Waals surface area contributed by atoms with Crippen LogP contribution in [0.15, 0.2) is 18.3 Å². The van der Waals surface area contributed by atoms with Crippen molar-refractivity contribution in [3.05, 3.63) is 24.0 Å². The summed E-state index contributed by atoms with van der Waals surface area (Å²) in [7, 11) is 0. The second kappa shape index (κ2) is 6.37. The molecule has 5 heteroatoms. The van der Waals surface area contributed by atoms with Gasteiger partial charge in [0.05, 0.1) is 18.3 Å². The van der Waals surface area contributed by atoms with Crippen LogP contribution in [-0.2, 0) is 11.2 Å². The maximum absolute atomic E-state index is 11.5. The van der Waals surface area contributed by atoms with E-state index in [1.807, 2.05) is 6.26 Å². The van der Waals surface area contributed by atoms with Crippen molar-refractivity contribution in [2.24, 2.45) is 0 Å². The van der Waals surface area contributed by atoms with Crippen molar-refractivity contribution in [2.45, 2.75) is 18.6 Å². The molecule has 0 aromatic carbocycles. The average Bonchev–Trinajstić information content (AvgIpc) is 2.29. The molecule has 0 aliphatic heterocycles. The van der Waals surface area contributed by atoms with Crippen molar-refractivity contribution in [3.8, 4) is 0 Å². The number of nitrogens with zero attached hydrogens (tertiary/aromatic N) is 1. The molecule has 16 heavy (non-hydrogen) atoms. The van der Waals surface area contributed by atoms with Crippen LogP contribution in [0.2, 0.25) is 0 Å². The predicted octanol–water partition coefficient (Wildman–Crippen LogP) is 1.07. The number of nitrogens with two attached hydrogens (primary N) is 1. The van der Waals surface area contributed by atoms with E-state index in [4.69, 9.17) is 5.73 Å². The normalized spacial score (nSPS) is 12.1. The van der Waals surface area contributed by atoms with Crippen LogP contribution in [0.3, 0.4) is 0 Å². The summed E-state index contributed by atoms with van der Waals surface area (Å²) >= 11 is 1.73. The second-order valence-electron chi connectivity index (χ2n) is 3.61. The lowest BCUT2D eigenvalue weighted by Crippen LogP contribution is -2.30. The minimum absolute atomic E-state index is 0.00169. The Labute approximate surface area is 100 Å². The number of anilines is 1. The van der Waals surface area contributed by atoms with Crippen LogP contribution in [0.4, 0.5) is 5.69 Å². The van der Waals surface area contributed by atoms with Crippen molar-refractivity contribution in [1.82, 2.24) is 10.3 Å². The van der Waals surface area contributed by atoms with Gasteiger partial charge in [-0.05, 0) is 18.4 Å². The van der Waals surface area contributed by atoms with Gasteiger partial charge < -0.3 is 11.1 Å². The van der Waals surface area contributed by atoms with Crippen LogP contribution in [-0.4, -0.2) is 28.9 Å². The third-order valence-corrected chi connectivity index (χ3v) is 3.15. The fourth-order valence-corrected chi connectivity index (χ4v) is 1.36. The summed E-state index contributed by atoms with van der Waals surface area (Å²) in [6, 6.07) is 3.52. The molecule has 1 unspecified atom stereocenters. The van der Waals surface area contributed by atoms with E-state index in [0.717, 1.165) is 5.69 Å². The second-order valence-corrected chi connectivity index (χ2v) is 4.89. The number of carbonyl (C=O) groups excluding carboxylic acids is 1. The Kier molecular flexibility index (Phi) is 5.11. The highest BCUT2D eigenvalue weighted by molar-refractivity contribution is 7.99. The van der Waals surface area contributed by atoms with E-state index in [-0.39, 0.29) is 5.91 Å². The number of hydrogen-bond donors (Lipinski definition) is 2. The highest BCUT2D eigenvalue weighted by Gasteiger charge is 2.06. The number of pyridine rings is 1. The number of nitrogens with one attached hydrogen (secondary N) is 1. The molecule has 0 aliphatic carbocycles. The Bertz CT molecular complexity index is 340. The molecule has 1 aromatic rings. The smallest absolute Gasteiger partial charge is 0.226 e. The van der Waals surface area contributed by atoms with E-state index >= 15 is 0 Å². The van der Waals surface area contributed by atoms with E-state index in [0.29, 0.717) is 23.9 Å². The molecule has 88 valence electrons. The van der Waals surface area contributed by atoms with Gasteiger partial charge in [0.1, 0.15) is 0 Å².